The highest BCUT2D eigenvalue weighted by Gasteiger charge is 2.18. The summed E-state index contributed by atoms with van der Waals surface area (Å²) in [5.41, 5.74) is 7.42. The first-order valence-corrected chi connectivity index (χ1v) is 14.6. The lowest BCUT2D eigenvalue weighted by molar-refractivity contribution is 1.01. The Labute approximate surface area is 248 Å². The predicted octanol–water partition coefficient (Wildman–Crippen LogP) is 10.4. The fourth-order valence-corrected chi connectivity index (χ4v) is 6.45. The minimum atomic E-state index is 0.669. The number of para-hydroxylation sites is 1. The molecule has 9 rings (SSSR count). The van der Waals surface area contributed by atoms with E-state index in [4.69, 9.17) is 9.97 Å². The van der Waals surface area contributed by atoms with E-state index in [0.717, 1.165) is 38.8 Å². The maximum absolute atomic E-state index is 5.36. The fourth-order valence-electron chi connectivity index (χ4n) is 6.45. The summed E-state index contributed by atoms with van der Waals surface area (Å²) in [7, 11) is 0. The van der Waals surface area contributed by atoms with E-state index in [1.54, 1.807) is 0 Å². The number of nitrogens with zero attached hydrogens (tertiary/aromatic N) is 3. The van der Waals surface area contributed by atoms with Gasteiger partial charge in [0, 0.05) is 21.7 Å². The molecular weight excluding hydrogens is 522 g/mol. The Morgan fingerprint density at radius 2 is 1.05 bits per heavy atom. The maximum atomic E-state index is 5.36. The van der Waals surface area contributed by atoms with Crippen molar-refractivity contribution in [1.82, 2.24) is 14.5 Å². The van der Waals surface area contributed by atoms with Crippen molar-refractivity contribution in [2.45, 2.75) is 0 Å². The molecule has 3 nitrogen and oxygen atoms in total. The second-order valence-electron chi connectivity index (χ2n) is 11.1. The van der Waals surface area contributed by atoms with E-state index in [0.29, 0.717) is 5.95 Å². The zero-order chi connectivity index (χ0) is 28.3. The van der Waals surface area contributed by atoms with Crippen LogP contribution in [0, 0.1) is 0 Å². The minimum Gasteiger partial charge on any atom is -0.278 e. The fraction of sp³-hybridized carbons (Fsp3) is 0. The Morgan fingerprint density at radius 3 is 1.88 bits per heavy atom. The van der Waals surface area contributed by atoms with Gasteiger partial charge in [0.2, 0.25) is 5.95 Å². The predicted molar refractivity (Wildman–Crippen MR) is 180 cm³/mol. The molecule has 0 fully saturated rings. The van der Waals surface area contributed by atoms with Gasteiger partial charge < -0.3 is 0 Å². The maximum Gasteiger partial charge on any atom is 0.235 e. The van der Waals surface area contributed by atoms with E-state index in [1.807, 2.05) is 0 Å². The van der Waals surface area contributed by atoms with Crippen LogP contribution in [0.4, 0.5) is 0 Å². The van der Waals surface area contributed by atoms with Gasteiger partial charge in [-0.2, -0.15) is 0 Å². The van der Waals surface area contributed by atoms with Crippen LogP contribution in [-0.2, 0) is 0 Å². The van der Waals surface area contributed by atoms with E-state index in [-0.39, 0.29) is 0 Å². The summed E-state index contributed by atoms with van der Waals surface area (Å²) in [6.07, 6.45) is 0. The number of hydrogen-bond acceptors (Lipinski definition) is 2. The molecule has 2 heterocycles. The van der Waals surface area contributed by atoms with Crippen LogP contribution in [0.25, 0.3) is 82.6 Å². The third-order valence-corrected chi connectivity index (χ3v) is 8.56. The summed E-state index contributed by atoms with van der Waals surface area (Å²) >= 11 is 0. The van der Waals surface area contributed by atoms with Crippen molar-refractivity contribution >= 4 is 54.3 Å². The lowest BCUT2D eigenvalue weighted by atomic mass is 9.99. The first-order valence-electron chi connectivity index (χ1n) is 14.6. The molecule has 9 aromatic rings. The molecule has 0 unspecified atom stereocenters. The summed E-state index contributed by atoms with van der Waals surface area (Å²) in [6.45, 7) is 0. The lowest BCUT2D eigenvalue weighted by Gasteiger charge is -2.13. The van der Waals surface area contributed by atoms with Crippen LogP contribution < -0.4 is 0 Å². The summed E-state index contributed by atoms with van der Waals surface area (Å²) in [5, 5.41) is 8.25. The highest BCUT2D eigenvalue weighted by Crippen LogP contribution is 2.37. The van der Waals surface area contributed by atoms with Crippen LogP contribution in [0.3, 0.4) is 0 Å². The van der Waals surface area contributed by atoms with Gasteiger partial charge >= 0.3 is 0 Å². The number of rotatable bonds is 3. The van der Waals surface area contributed by atoms with Crippen LogP contribution >= 0.6 is 0 Å². The third-order valence-electron chi connectivity index (χ3n) is 8.56. The van der Waals surface area contributed by atoms with Gasteiger partial charge in [0.15, 0.2) is 0 Å². The van der Waals surface area contributed by atoms with E-state index in [1.165, 1.54) is 37.9 Å². The SMILES string of the molecule is c1ccc(-c2ccc3c(-c4ccc5ccccc5c4)nc(-n4c5ccccc5c5cc6ccccc6cc54)nc3c2)cc1. The second kappa shape index (κ2) is 9.37. The number of benzene rings is 7. The standard InChI is InChI=1S/C40H25N3/c1-2-10-26(11-3-1)31-20-21-34-36(24-31)41-40(42-39(34)32-19-18-27-12-4-5-13-28(27)22-32)43-37-17-9-8-16-33(37)35-23-29-14-6-7-15-30(29)25-38(35)43/h1-25H. The van der Waals surface area contributed by atoms with Crippen molar-refractivity contribution in [1.29, 1.82) is 0 Å². The molecule has 43 heavy (non-hydrogen) atoms. The molecule has 0 saturated carbocycles. The molecule has 7 aromatic carbocycles. The van der Waals surface area contributed by atoms with Gasteiger partial charge in [-0.25, -0.2) is 9.97 Å². The Bertz CT molecular complexity index is 2510. The van der Waals surface area contributed by atoms with Crippen molar-refractivity contribution in [2.24, 2.45) is 0 Å². The highest BCUT2D eigenvalue weighted by atomic mass is 15.2. The number of aromatic nitrogens is 3. The molecule has 0 bridgehead atoms. The summed E-state index contributed by atoms with van der Waals surface area (Å²) in [5.74, 6) is 0.669. The molecule has 0 aliphatic heterocycles. The average molecular weight is 548 g/mol. The molecule has 0 N–H and O–H groups in total. The average Bonchev–Trinajstić information content (AvgIpc) is 3.39. The molecule has 0 saturated heterocycles. The molecule has 0 aliphatic carbocycles. The van der Waals surface area contributed by atoms with Crippen molar-refractivity contribution in [3.63, 3.8) is 0 Å². The summed E-state index contributed by atoms with van der Waals surface area (Å²) < 4.78 is 2.23. The first-order chi connectivity index (χ1) is 21.3. The largest absolute Gasteiger partial charge is 0.278 e. The topological polar surface area (TPSA) is 30.7 Å². The zero-order valence-electron chi connectivity index (χ0n) is 23.3. The van der Waals surface area contributed by atoms with E-state index >= 15 is 0 Å². The van der Waals surface area contributed by atoms with Crippen molar-refractivity contribution in [3.05, 3.63) is 152 Å². The summed E-state index contributed by atoms with van der Waals surface area (Å²) in [6, 6.07) is 53.8. The molecule has 200 valence electrons. The lowest BCUT2D eigenvalue weighted by Crippen LogP contribution is -2.03. The van der Waals surface area contributed by atoms with Crippen molar-refractivity contribution < 1.29 is 0 Å². The van der Waals surface area contributed by atoms with Gasteiger partial charge in [0.25, 0.3) is 0 Å². The highest BCUT2D eigenvalue weighted by molar-refractivity contribution is 6.13. The van der Waals surface area contributed by atoms with Crippen molar-refractivity contribution in [2.75, 3.05) is 0 Å². The summed E-state index contributed by atoms with van der Waals surface area (Å²) in [4.78, 5) is 10.6. The van der Waals surface area contributed by atoms with Crippen LogP contribution in [0.2, 0.25) is 0 Å². The number of fused-ring (bicyclic) bond motifs is 6. The van der Waals surface area contributed by atoms with Crippen LogP contribution in [0.1, 0.15) is 0 Å². The van der Waals surface area contributed by atoms with Gasteiger partial charge in [-0.15, -0.1) is 0 Å². The smallest absolute Gasteiger partial charge is 0.235 e. The second-order valence-corrected chi connectivity index (χ2v) is 11.1. The minimum absolute atomic E-state index is 0.669. The van der Waals surface area contributed by atoms with E-state index in [9.17, 15) is 0 Å². The Kier molecular flexibility index (Phi) is 5.20. The molecule has 0 spiro atoms. The number of hydrogen-bond donors (Lipinski definition) is 0. The van der Waals surface area contributed by atoms with Gasteiger partial charge in [-0.3, -0.25) is 4.57 Å². The normalized spacial score (nSPS) is 11.7. The molecular formula is C40H25N3. The Balaban J connectivity index is 1.38. The molecule has 0 atom stereocenters. The van der Waals surface area contributed by atoms with Crippen LogP contribution in [0.5, 0.6) is 0 Å². The third kappa shape index (κ3) is 3.83. The first kappa shape index (κ1) is 23.9. The van der Waals surface area contributed by atoms with E-state index in [2.05, 4.69) is 156 Å². The van der Waals surface area contributed by atoms with Crippen molar-refractivity contribution in [3.8, 4) is 28.3 Å². The monoisotopic (exact) mass is 547 g/mol. The quantitative estimate of drug-likeness (QED) is 0.220. The molecule has 0 aliphatic rings. The zero-order valence-corrected chi connectivity index (χ0v) is 23.3. The molecule has 3 heteroatoms. The molecule has 0 radical (unpaired) electrons. The van der Waals surface area contributed by atoms with E-state index < -0.39 is 0 Å². The van der Waals surface area contributed by atoms with Gasteiger partial charge in [-0.05, 0) is 69.1 Å². The van der Waals surface area contributed by atoms with Gasteiger partial charge in [0.1, 0.15) is 0 Å². The van der Waals surface area contributed by atoms with Crippen LogP contribution in [-0.4, -0.2) is 14.5 Å². The van der Waals surface area contributed by atoms with Gasteiger partial charge in [0.05, 0.1) is 22.2 Å². The Hall–Kier alpha value is -5.80. The van der Waals surface area contributed by atoms with Crippen LogP contribution in [0.15, 0.2) is 152 Å². The van der Waals surface area contributed by atoms with Gasteiger partial charge in [-0.1, -0.05) is 115 Å². The molecule has 0 amide bonds. The molecule has 2 aromatic heterocycles. The Morgan fingerprint density at radius 1 is 0.372 bits per heavy atom.